The molecule has 1 aromatic rings. The molecule has 22 heavy (non-hydrogen) atoms. The monoisotopic (exact) mass is 303 g/mol. The maximum absolute atomic E-state index is 12.1. The van der Waals surface area contributed by atoms with E-state index in [1.165, 1.54) is 0 Å². The number of aliphatic hydroxyl groups excluding tert-OH is 1. The van der Waals surface area contributed by atoms with Crippen molar-refractivity contribution in [3.63, 3.8) is 0 Å². The Balaban J connectivity index is 1.85. The molecule has 1 aliphatic carbocycles. The molecule has 0 saturated heterocycles. The Bertz CT molecular complexity index is 572. The minimum atomic E-state index is -0.542. The largest absolute Gasteiger partial charge is 0.493 e. The van der Waals surface area contributed by atoms with Crippen molar-refractivity contribution in [1.29, 1.82) is 0 Å². The lowest BCUT2D eigenvalue weighted by Gasteiger charge is -2.30. The van der Waals surface area contributed by atoms with Gasteiger partial charge in [0.2, 0.25) is 5.91 Å². The first-order valence-electron chi connectivity index (χ1n) is 8.11. The van der Waals surface area contributed by atoms with Gasteiger partial charge in [-0.05, 0) is 36.0 Å². The summed E-state index contributed by atoms with van der Waals surface area (Å²) in [4.78, 5) is 12.1. The topological polar surface area (TPSA) is 58.6 Å². The Morgan fingerprint density at radius 1 is 1.32 bits per heavy atom. The number of carbonyl (C=O) groups excluding carboxylic acids is 1. The Kier molecular flexibility index (Phi) is 3.89. The van der Waals surface area contributed by atoms with Gasteiger partial charge in [0.1, 0.15) is 5.75 Å². The van der Waals surface area contributed by atoms with E-state index >= 15 is 0 Å². The first kappa shape index (κ1) is 15.3. The predicted molar refractivity (Wildman–Crippen MR) is 84.6 cm³/mol. The quantitative estimate of drug-likeness (QED) is 0.902. The van der Waals surface area contributed by atoms with E-state index in [1.807, 2.05) is 39.0 Å². The lowest BCUT2D eigenvalue weighted by atomic mass is 9.83. The molecule has 0 radical (unpaired) electrons. The number of hydrogen-bond acceptors (Lipinski definition) is 3. The van der Waals surface area contributed by atoms with Crippen LogP contribution in [0.2, 0.25) is 0 Å². The molecule has 1 aliphatic heterocycles. The Morgan fingerprint density at radius 2 is 2.05 bits per heavy atom. The predicted octanol–water partition coefficient (Wildman–Crippen LogP) is 3.12. The molecule has 2 atom stereocenters. The molecule has 1 aromatic carbocycles. The number of rotatable bonds is 3. The van der Waals surface area contributed by atoms with Crippen LogP contribution in [0.15, 0.2) is 18.2 Å². The van der Waals surface area contributed by atoms with E-state index in [9.17, 15) is 9.90 Å². The summed E-state index contributed by atoms with van der Waals surface area (Å²) in [5.74, 6) is 1.17. The number of fused-ring (bicyclic) bond motifs is 1. The summed E-state index contributed by atoms with van der Waals surface area (Å²) in [6, 6.07) is 5.81. The summed E-state index contributed by atoms with van der Waals surface area (Å²) in [6.07, 6.45) is 2.25. The minimum absolute atomic E-state index is 0.0102. The smallest absolute Gasteiger partial charge is 0.223 e. The van der Waals surface area contributed by atoms with Crippen LogP contribution in [0.3, 0.4) is 0 Å². The van der Waals surface area contributed by atoms with Gasteiger partial charge in [-0.2, -0.15) is 0 Å². The fourth-order valence-electron chi connectivity index (χ4n) is 2.87. The average molecular weight is 303 g/mol. The average Bonchev–Trinajstić information content (AvgIpc) is 3.30. The third kappa shape index (κ3) is 3.12. The van der Waals surface area contributed by atoms with Crippen LogP contribution in [0.5, 0.6) is 5.75 Å². The second kappa shape index (κ2) is 5.58. The molecular weight excluding hydrogens is 278 g/mol. The van der Waals surface area contributed by atoms with Crippen molar-refractivity contribution >= 4 is 5.91 Å². The highest BCUT2D eigenvalue weighted by molar-refractivity contribution is 5.81. The highest BCUT2D eigenvalue weighted by atomic mass is 16.5. The van der Waals surface area contributed by atoms with E-state index in [0.717, 1.165) is 36.1 Å². The molecule has 120 valence electrons. The van der Waals surface area contributed by atoms with Crippen molar-refractivity contribution < 1.29 is 14.6 Å². The Morgan fingerprint density at radius 3 is 2.68 bits per heavy atom. The number of ether oxygens (including phenoxy) is 1. The molecule has 1 heterocycles. The van der Waals surface area contributed by atoms with Gasteiger partial charge >= 0.3 is 0 Å². The Labute approximate surface area is 131 Å². The molecule has 1 fully saturated rings. The van der Waals surface area contributed by atoms with Gasteiger partial charge < -0.3 is 15.2 Å². The van der Waals surface area contributed by atoms with Gasteiger partial charge in [-0.1, -0.05) is 26.8 Å². The standard InChI is InChI=1S/C18H25NO3/c1-18(2,3)16(20)12-6-7-15-13(10-12)14(8-9-22-15)19-17(21)11-4-5-11/h6-7,10-11,14,16,20H,4-5,8-9H2,1-3H3,(H,19,21). The summed E-state index contributed by atoms with van der Waals surface area (Å²) in [5.41, 5.74) is 1.64. The molecule has 4 nitrogen and oxygen atoms in total. The van der Waals surface area contributed by atoms with Gasteiger partial charge in [0, 0.05) is 17.9 Å². The summed E-state index contributed by atoms with van der Waals surface area (Å²) in [5, 5.41) is 13.6. The first-order chi connectivity index (χ1) is 10.4. The van der Waals surface area contributed by atoms with Crippen molar-refractivity contribution in [1.82, 2.24) is 5.32 Å². The zero-order valence-electron chi connectivity index (χ0n) is 13.6. The molecular formula is C18H25NO3. The zero-order chi connectivity index (χ0) is 15.9. The van der Waals surface area contributed by atoms with Gasteiger partial charge in [0.15, 0.2) is 0 Å². The normalized spacial score (nSPS) is 22.5. The summed E-state index contributed by atoms with van der Waals surface area (Å²) >= 11 is 0. The van der Waals surface area contributed by atoms with E-state index in [2.05, 4.69) is 5.32 Å². The van der Waals surface area contributed by atoms with Crippen molar-refractivity contribution in [2.75, 3.05) is 6.61 Å². The molecule has 0 bridgehead atoms. The van der Waals surface area contributed by atoms with Crippen molar-refractivity contribution in [3.05, 3.63) is 29.3 Å². The number of benzene rings is 1. The number of nitrogens with one attached hydrogen (secondary N) is 1. The van der Waals surface area contributed by atoms with Crippen molar-refractivity contribution in [2.45, 2.75) is 52.2 Å². The SMILES string of the molecule is CC(C)(C)C(O)c1ccc2c(c1)C(NC(=O)C1CC1)CCO2. The molecule has 2 N–H and O–H groups in total. The number of carbonyl (C=O) groups is 1. The van der Waals surface area contributed by atoms with Crippen LogP contribution in [0.25, 0.3) is 0 Å². The molecule has 0 spiro atoms. The fourth-order valence-corrected chi connectivity index (χ4v) is 2.87. The molecule has 2 aliphatic rings. The van der Waals surface area contributed by atoms with Crippen LogP contribution in [-0.2, 0) is 4.79 Å². The van der Waals surface area contributed by atoms with Crippen LogP contribution < -0.4 is 10.1 Å². The third-order valence-electron chi connectivity index (χ3n) is 4.47. The maximum Gasteiger partial charge on any atom is 0.223 e. The van der Waals surface area contributed by atoms with E-state index < -0.39 is 6.10 Å². The zero-order valence-corrected chi connectivity index (χ0v) is 13.6. The van der Waals surface area contributed by atoms with E-state index in [0.29, 0.717) is 6.61 Å². The number of amides is 1. The highest BCUT2D eigenvalue weighted by Crippen LogP contribution is 2.39. The van der Waals surface area contributed by atoms with Gasteiger partial charge in [-0.3, -0.25) is 4.79 Å². The lowest BCUT2D eigenvalue weighted by molar-refractivity contribution is -0.123. The first-order valence-corrected chi connectivity index (χ1v) is 8.11. The summed E-state index contributed by atoms with van der Waals surface area (Å²) < 4.78 is 5.70. The number of hydrogen-bond donors (Lipinski definition) is 2. The highest BCUT2D eigenvalue weighted by Gasteiger charge is 2.33. The van der Waals surface area contributed by atoms with Gasteiger partial charge in [0.05, 0.1) is 18.8 Å². The second-order valence-corrected chi connectivity index (χ2v) is 7.54. The molecule has 2 unspecified atom stereocenters. The van der Waals surface area contributed by atoms with Gasteiger partial charge in [0.25, 0.3) is 0 Å². The van der Waals surface area contributed by atoms with E-state index in [4.69, 9.17) is 4.74 Å². The third-order valence-corrected chi connectivity index (χ3v) is 4.47. The minimum Gasteiger partial charge on any atom is -0.493 e. The molecule has 4 heteroatoms. The summed E-state index contributed by atoms with van der Waals surface area (Å²) in [7, 11) is 0. The van der Waals surface area contributed by atoms with Crippen molar-refractivity contribution in [3.8, 4) is 5.75 Å². The van der Waals surface area contributed by atoms with E-state index in [-0.39, 0.29) is 23.3 Å². The second-order valence-electron chi connectivity index (χ2n) is 7.54. The maximum atomic E-state index is 12.1. The lowest BCUT2D eigenvalue weighted by Crippen LogP contribution is -2.33. The molecule has 3 rings (SSSR count). The summed E-state index contributed by atoms with van der Waals surface area (Å²) in [6.45, 7) is 6.66. The van der Waals surface area contributed by atoms with E-state index in [1.54, 1.807) is 0 Å². The molecule has 0 aromatic heterocycles. The molecule has 1 amide bonds. The molecule has 1 saturated carbocycles. The van der Waals surface area contributed by atoms with Crippen LogP contribution >= 0.6 is 0 Å². The van der Waals surface area contributed by atoms with Crippen LogP contribution in [0.1, 0.15) is 63.3 Å². The number of aliphatic hydroxyl groups is 1. The van der Waals surface area contributed by atoms with Gasteiger partial charge in [-0.25, -0.2) is 0 Å². The van der Waals surface area contributed by atoms with Crippen LogP contribution in [0, 0.1) is 11.3 Å². The fraction of sp³-hybridized carbons (Fsp3) is 0.611. The van der Waals surface area contributed by atoms with Gasteiger partial charge in [-0.15, -0.1) is 0 Å². The van der Waals surface area contributed by atoms with Crippen molar-refractivity contribution in [2.24, 2.45) is 11.3 Å². The Hall–Kier alpha value is -1.55. The van der Waals surface area contributed by atoms with Crippen LogP contribution in [0.4, 0.5) is 0 Å². The van der Waals surface area contributed by atoms with Crippen LogP contribution in [-0.4, -0.2) is 17.6 Å².